The topological polar surface area (TPSA) is 9.23 Å². The number of halogens is 1. The molecule has 0 saturated heterocycles. The van der Waals surface area contributed by atoms with Crippen molar-refractivity contribution in [2.45, 2.75) is 51.9 Å². The molecule has 19 heavy (non-hydrogen) atoms. The van der Waals surface area contributed by atoms with Crippen LogP contribution in [0, 0.1) is 11.3 Å². The number of benzene rings is 1. The molecule has 3 aliphatic rings. The van der Waals surface area contributed by atoms with Gasteiger partial charge in [0.2, 0.25) is 0 Å². The minimum atomic E-state index is 0.322. The fourth-order valence-electron chi connectivity index (χ4n) is 3.32. The zero-order chi connectivity index (χ0) is 13.7. The summed E-state index contributed by atoms with van der Waals surface area (Å²) in [6.07, 6.45) is 5.08. The Hall–Kier alpha value is -0.690. The summed E-state index contributed by atoms with van der Waals surface area (Å²) in [6.45, 7) is 7.54. The number of hydrogen-bond acceptors (Lipinski definition) is 1. The van der Waals surface area contributed by atoms with Crippen molar-refractivity contribution >= 4 is 11.6 Å². The fraction of sp³-hybridized carbons (Fsp3) is 0.647. The average Bonchev–Trinajstić information content (AvgIpc) is 2.15. The van der Waals surface area contributed by atoms with E-state index in [0.29, 0.717) is 10.8 Å². The average molecular weight is 279 g/mol. The van der Waals surface area contributed by atoms with Gasteiger partial charge in [0.25, 0.3) is 0 Å². The second kappa shape index (κ2) is 4.41. The Morgan fingerprint density at radius 3 is 2.47 bits per heavy atom. The summed E-state index contributed by atoms with van der Waals surface area (Å²) in [5.41, 5.74) is 2.09. The molecule has 0 radical (unpaired) electrons. The van der Waals surface area contributed by atoms with E-state index in [9.17, 15) is 0 Å². The predicted molar refractivity (Wildman–Crippen MR) is 80.0 cm³/mol. The number of ether oxygens (including phenoxy) is 1. The van der Waals surface area contributed by atoms with E-state index < -0.39 is 0 Å². The summed E-state index contributed by atoms with van der Waals surface area (Å²) in [7, 11) is 0. The van der Waals surface area contributed by atoms with Crippen LogP contribution in [0.4, 0.5) is 0 Å². The van der Waals surface area contributed by atoms with Gasteiger partial charge in [-0.2, -0.15) is 0 Å². The molecule has 0 amide bonds. The lowest BCUT2D eigenvalue weighted by molar-refractivity contribution is -0.0294. The molecule has 0 aromatic heterocycles. The van der Waals surface area contributed by atoms with Crippen molar-refractivity contribution in [2.75, 3.05) is 6.61 Å². The molecule has 1 aromatic rings. The Morgan fingerprint density at radius 2 is 1.95 bits per heavy atom. The predicted octanol–water partition coefficient (Wildman–Crippen LogP) is 5.21. The van der Waals surface area contributed by atoms with Gasteiger partial charge in [-0.05, 0) is 60.6 Å². The third-order valence-electron chi connectivity index (χ3n) is 4.66. The van der Waals surface area contributed by atoms with Crippen LogP contribution in [0.3, 0.4) is 0 Å². The lowest BCUT2D eigenvalue weighted by atomic mass is 9.42. The minimum absolute atomic E-state index is 0.322. The zero-order valence-electron chi connectivity index (χ0n) is 12.1. The summed E-state index contributed by atoms with van der Waals surface area (Å²) in [6, 6.07) is 6.13. The minimum Gasteiger partial charge on any atom is -0.493 e. The largest absolute Gasteiger partial charge is 0.493 e. The van der Waals surface area contributed by atoms with Gasteiger partial charge in [0.15, 0.2) is 0 Å². The van der Waals surface area contributed by atoms with Crippen LogP contribution in [0.25, 0.3) is 0 Å². The van der Waals surface area contributed by atoms with Gasteiger partial charge < -0.3 is 4.74 Å². The highest BCUT2D eigenvalue weighted by atomic mass is 35.5. The number of rotatable bonds is 4. The van der Waals surface area contributed by atoms with Crippen LogP contribution in [-0.4, -0.2) is 6.61 Å². The van der Waals surface area contributed by atoms with Crippen molar-refractivity contribution in [1.82, 2.24) is 0 Å². The second-order valence-electron chi connectivity index (χ2n) is 7.56. The first-order valence-electron chi connectivity index (χ1n) is 7.31. The van der Waals surface area contributed by atoms with Crippen LogP contribution in [0.5, 0.6) is 5.75 Å². The fourth-order valence-corrected chi connectivity index (χ4v) is 3.49. The highest BCUT2D eigenvalue weighted by Gasteiger charge is 2.58. The van der Waals surface area contributed by atoms with Gasteiger partial charge in [-0.15, -0.1) is 0 Å². The normalized spacial score (nSPS) is 28.5. The molecule has 0 heterocycles. The second-order valence-corrected chi connectivity index (χ2v) is 7.99. The summed E-state index contributed by atoms with van der Waals surface area (Å²) in [5, 5.41) is 0.836. The lowest BCUT2D eigenvalue weighted by Gasteiger charge is -2.62. The molecule has 2 bridgehead atoms. The quantitative estimate of drug-likeness (QED) is 0.735. The first kappa shape index (κ1) is 13.3. The highest BCUT2D eigenvalue weighted by Crippen LogP contribution is 2.66. The van der Waals surface area contributed by atoms with Crippen molar-refractivity contribution < 1.29 is 4.74 Å². The van der Waals surface area contributed by atoms with Gasteiger partial charge >= 0.3 is 0 Å². The zero-order valence-corrected chi connectivity index (χ0v) is 12.9. The molecule has 4 rings (SSSR count). The van der Waals surface area contributed by atoms with E-state index in [2.05, 4.69) is 32.9 Å². The highest BCUT2D eigenvalue weighted by molar-refractivity contribution is 6.30. The van der Waals surface area contributed by atoms with Gasteiger partial charge in [-0.25, -0.2) is 0 Å². The summed E-state index contributed by atoms with van der Waals surface area (Å²) < 4.78 is 6.06. The van der Waals surface area contributed by atoms with Crippen molar-refractivity contribution in [2.24, 2.45) is 11.3 Å². The molecule has 1 aromatic carbocycles. The maximum atomic E-state index is 6.17. The molecule has 3 aliphatic carbocycles. The van der Waals surface area contributed by atoms with E-state index >= 15 is 0 Å². The van der Waals surface area contributed by atoms with Crippen LogP contribution >= 0.6 is 11.6 Å². The lowest BCUT2D eigenvalue weighted by Crippen LogP contribution is -2.55. The Morgan fingerprint density at radius 1 is 1.26 bits per heavy atom. The monoisotopic (exact) mass is 278 g/mol. The van der Waals surface area contributed by atoms with Gasteiger partial charge in [-0.1, -0.05) is 32.4 Å². The van der Waals surface area contributed by atoms with Crippen LogP contribution < -0.4 is 4.74 Å². The molecule has 0 spiro atoms. The third kappa shape index (κ3) is 2.50. The summed E-state index contributed by atoms with van der Waals surface area (Å²) in [4.78, 5) is 0. The maximum absolute atomic E-state index is 6.17. The van der Waals surface area contributed by atoms with Gasteiger partial charge in [-0.3, -0.25) is 0 Å². The van der Waals surface area contributed by atoms with Crippen LogP contribution in [0.2, 0.25) is 5.02 Å². The van der Waals surface area contributed by atoms with E-state index in [-0.39, 0.29) is 0 Å². The maximum Gasteiger partial charge on any atom is 0.123 e. The Balaban J connectivity index is 1.73. The Kier molecular flexibility index (Phi) is 3.09. The SMILES string of the molecule is CC(C)(C)CCOc1ccc(Cl)cc1C12CC(C1)C2. The van der Waals surface area contributed by atoms with Gasteiger partial charge in [0.05, 0.1) is 6.61 Å². The van der Waals surface area contributed by atoms with Crippen LogP contribution in [0.1, 0.15) is 52.0 Å². The standard InChI is InChI=1S/C17H23ClO/c1-16(2,3)6-7-19-15-5-4-13(18)8-14(15)17-9-12(10-17)11-17/h4-5,8,12H,6-7,9-11H2,1-3H3. The number of hydrogen-bond donors (Lipinski definition) is 0. The Bertz CT molecular complexity index is 470. The summed E-state index contributed by atoms with van der Waals surface area (Å²) in [5.74, 6) is 2.04. The van der Waals surface area contributed by atoms with Gasteiger partial charge in [0, 0.05) is 10.6 Å². The Labute approximate surface area is 121 Å². The van der Waals surface area contributed by atoms with Gasteiger partial charge in [0.1, 0.15) is 5.75 Å². The van der Waals surface area contributed by atoms with E-state index in [1.807, 2.05) is 6.07 Å². The van der Waals surface area contributed by atoms with Crippen LogP contribution in [0.15, 0.2) is 18.2 Å². The molecule has 104 valence electrons. The molecule has 1 nitrogen and oxygen atoms in total. The van der Waals surface area contributed by atoms with Crippen LogP contribution in [-0.2, 0) is 5.41 Å². The van der Waals surface area contributed by atoms with E-state index in [0.717, 1.165) is 29.7 Å². The molecule has 0 unspecified atom stereocenters. The first-order chi connectivity index (χ1) is 8.88. The van der Waals surface area contributed by atoms with E-state index in [4.69, 9.17) is 16.3 Å². The molecule has 3 saturated carbocycles. The molecule has 0 atom stereocenters. The molecule has 0 N–H and O–H groups in total. The molecular formula is C17H23ClO. The molecular weight excluding hydrogens is 256 g/mol. The van der Waals surface area contributed by atoms with Crippen molar-refractivity contribution in [3.63, 3.8) is 0 Å². The van der Waals surface area contributed by atoms with E-state index in [1.165, 1.54) is 24.8 Å². The third-order valence-corrected chi connectivity index (χ3v) is 4.90. The van der Waals surface area contributed by atoms with Crippen molar-refractivity contribution in [3.05, 3.63) is 28.8 Å². The molecule has 0 aliphatic heterocycles. The molecule has 3 fully saturated rings. The smallest absolute Gasteiger partial charge is 0.123 e. The molecule has 2 heteroatoms. The van der Waals surface area contributed by atoms with Crippen molar-refractivity contribution in [3.8, 4) is 5.75 Å². The van der Waals surface area contributed by atoms with E-state index in [1.54, 1.807) is 0 Å². The first-order valence-corrected chi connectivity index (χ1v) is 7.69. The van der Waals surface area contributed by atoms with Crippen molar-refractivity contribution in [1.29, 1.82) is 0 Å². The summed E-state index contributed by atoms with van der Waals surface area (Å²) >= 11 is 6.17.